The Balaban J connectivity index is 2.41. The second-order valence-corrected chi connectivity index (χ2v) is 3.93. The smallest absolute Gasteiger partial charge is 0.136 e. The summed E-state index contributed by atoms with van der Waals surface area (Å²) in [6.45, 7) is 1.78. The molecular weight excluding hydrogens is 198 g/mol. The third kappa shape index (κ3) is 1.23. The van der Waals surface area contributed by atoms with Crippen molar-refractivity contribution in [2.75, 3.05) is 0 Å². The number of benzene rings is 2. The SMILES string of the molecule is CC(=N)c1ccc2c(c1)oc1ccccc12. The van der Waals surface area contributed by atoms with Gasteiger partial charge < -0.3 is 9.83 Å². The molecule has 0 saturated heterocycles. The van der Waals surface area contributed by atoms with Gasteiger partial charge in [-0.15, -0.1) is 0 Å². The van der Waals surface area contributed by atoms with Gasteiger partial charge in [-0.25, -0.2) is 0 Å². The molecule has 16 heavy (non-hydrogen) atoms. The van der Waals surface area contributed by atoms with Crippen LogP contribution in [0.2, 0.25) is 0 Å². The zero-order chi connectivity index (χ0) is 11.1. The van der Waals surface area contributed by atoms with Crippen molar-refractivity contribution < 1.29 is 4.42 Å². The largest absolute Gasteiger partial charge is 0.456 e. The molecule has 0 fully saturated rings. The second-order valence-electron chi connectivity index (χ2n) is 3.93. The number of furan rings is 1. The highest BCUT2D eigenvalue weighted by Gasteiger charge is 2.06. The van der Waals surface area contributed by atoms with Gasteiger partial charge >= 0.3 is 0 Å². The standard InChI is InChI=1S/C14H11NO/c1-9(15)10-6-7-12-11-4-2-3-5-13(11)16-14(12)8-10/h2-8,15H,1H3. The molecule has 1 N–H and O–H groups in total. The fourth-order valence-electron chi connectivity index (χ4n) is 1.96. The zero-order valence-electron chi connectivity index (χ0n) is 8.95. The lowest BCUT2D eigenvalue weighted by Gasteiger charge is -1.96. The van der Waals surface area contributed by atoms with Crippen molar-refractivity contribution in [3.8, 4) is 0 Å². The molecule has 0 spiro atoms. The van der Waals surface area contributed by atoms with Crippen LogP contribution in [0.1, 0.15) is 12.5 Å². The number of para-hydroxylation sites is 1. The number of fused-ring (bicyclic) bond motifs is 3. The Bertz CT molecular complexity index is 694. The highest BCUT2D eigenvalue weighted by Crippen LogP contribution is 2.28. The Labute approximate surface area is 93.0 Å². The van der Waals surface area contributed by atoms with Crippen LogP contribution in [0.3, 0.4) is 0 Å². The summed E-state index contributed by atoms with van der Waals surface area (Å²) in [6.07, 6.45) is 0. The van der Waals surface area contributed by atoms with Crippen molar-refractivity contribution in [3.05, 3.63) is 48.0 Å². The van der Waals surface area contributed by atoms with Gasteiger partial charge in [0.05, 0.1) is 0 Å². The molecule has 2 aromatic carbocycles. The van der Waals surface area contributed by atoms with Gasteiger partial charge in [-0.2, -0.15) is 0 Å². The van der Waals surface area contributed by atoms with Gasteiger partial charge in [0, 0.05) is 16.5 Å². The van der Waals surface area contributed by atoms with E-state index < -0.39 is 0 Å². The van der Waals surface area contributed by atoms with E-state index in [4.69, 9.17) is 9.83 Å². The molecule has 3 aromatic rings. The summed E-state index contributed by atoms with van der Waals surface area (Å²) in [5.41, 5.74) is 3.22. The highest BCUT2D eigenvalue weighted by molar-refractivity contribution is 6.07. The first-order valence-electron chi connectivity index (χ1n) is 5.22. The molecule has 0 amide bonds. The van der Waals surface area contributed by atoms with Crippen LogP contribution in [0.4, 0.5) is 0 Å². The maximum absolute atomic E-state index is 7.60. The fourth-order valence-corrected chi connectivity index (χ4v) is 1.96. The molecule has 2 nitrogen and oxygen atoms in total. The lowest BCUT2D eigenvalue weighted by atomic mass is 10.1. The van der Waals surface area contributed by atoms with Crippen LogP contribution in [0.5, 0.6) is 0 Å². The average Bonchev–Trinajstić information content (AvgIpc) is 2.66. The normalized spacial score (nSPS) is 11.1. The highest BCUT2D eigenvalue weighted by atomic mass is 16.3. The first-order chi connectivity index (χ1) is 7.75. The number of rotatable bonds is 1. The van der Waals surface area contributed by atoms with Crippen molar-refractivity contribution >= 4 is 27.7 Å². The summed E-state index contributed by atoms with van der Waals surface area (Å²) < 4.78 is 5.75. The van der Waals surface area contributed by atoms with E-state index in [2.05, 4.69) is 6.07 Å². The van der Waals surface area contributed by atoms with Crippen molar-refractivity contribution in [1.29, 1.82) is 5.41 Å². The summed E-state index contributed by atoms with van der Waals surface area (Å²) in [5.74, 6) is 0. The Morgan fingerprint density at radius 2 is 1.75 bits per heavy atom. The Morgan fingerprint density at radius 3 is 2.56 bits per heavy atom. The van der Waals surface area contributed by atoms with E-state index in [1.165, 1.54) is 0 Å². The van der Waals surface area contributed by atoms with Gasteiger partial charge in [0.15, 0.2) is 0 Å². The molecule has 0 bridgehead atoms. The van der Waals surface area contributed by atoms with E-state index in [1.807, 2.05) is 36.4 Å². The average molecular weight is 209 g/mol. The number of hydrogen-bond donors (Lipinski definition) is 1. The maximum atomic E-state index is 7.60. The predicted octanol–water partition coefficient (Wildman–Crippen LogP) is 3.97. The van der Waals surface area contributed by atoms with Crippen LogP contribution >= 0.6 is 0 Å². The minimum absolute atomic E-state index is 0.558. The van der Waals surface area contributed by atoms with Crippen molar-refractivity contribution in [2.45, 2.75) is 6.92 Å². The van der Waals surface area contributed by atoms with Crippen LogP contribution in [0, 0.1) is 5.41 Å². The second kappa shape index (κ2) is 3.20. The van der Waals surface area contributed by atoms with Crippen LogP contribution < -0.4 is 0 Å². The van der Waals surface area contributed by atoms with Crippen molar-refractivity contribution in [1.82, 2.24) is 0 Å². The van der Waals surface area contributed by atoms with E-state index in [0.29, 0.717) is 5.71 Å². The topological polar surface area (TPSA) is 37.0 Å². The first kappa shape index (κ1) is 9.16. The van der Waals surface area contributed by atoms with E-state index in [9.17, 15) is 0 Å². The van der Waals surface area contributed by atoms with E-state index in [-0.39, 0.29) is 0 Å². The van der Waals surface area contributed by atoms with Crippen molar-refractivity contribution in [2.24, 2.45) is 0 Å². The molecule has 1 heterocycles. The van der Waals surface area contributed by atoms with E-state index in [1.54, 1.807) is 6.92 Å². The van der Waals surface area contributed by atoms with Crippen LogP contribution in [0.25, 0.3) is 21.9 Å². The van der Waals surface area contributed by atoms with E-state index in [0.717, 1.165) is 27.5 Å². The quantitative estimate of drug-likeness (QED) is 0.605. The molecule has 0 atom stereocenters. The van der Waals surface area contributed by atoms with Crippen LogP contribution in [0.15, 0.2) is 46.9 Å². The van der Waals surface area contributed by atoms with E-state index >= 15 is 0 Å². The molecular formula is C14H11NO. The summed E-state index contributed by atoms with van der Waals surface area (Å²) in [6, 6.07) is 13.9. The lowest BCUT2D eigenvalue weighted by Crippen LogP contribution is -1.89. The molecule has 3 rings (SSSR count). The minimum atomic E-state index is 0.558. The van der Waals surface area contributed by atoms with Gasteiger partial charge in [-0.1, -0.05) is 24.3 Å². The first-order valence-corrected chi connectivity index (χ1v) is 5.22. The Hall–Kier alpha value is -2.09. The number of hydrogen-bond acceptors (Lipinski definition) is 2. The molecule has 0 unspecified atom stereocenters. The van der Waals surface area contributed by atoms with Crippen LogP contribution in [-0.2, 0) is 0 Å². The molecule has 0 saturated carbocycles. The number of nitrogens with one attached hydrogen (secondary N) is 1. The summed E-state index contributed by atoms with van der Waals surface area (Å²) in [7, 11) is 0. The van der Waals surface area contributed by atoms with Gasteiger partial charge in [0.25, 0.3) is 0 Å². The monoisotopic (exact) mass is 209 g/mol. The predicted molar refractivity (Wildman–Crippen MR) is 66.2 cm³/mol. The van der Waals surface area contributed by atoms with Crippen LogP contribution in [-0.4, -0.2) is 5.71 Å². The Morgan fingerprint density at radius 1 is 1.00 bits per heavy atom. The third-order valence-corrected chi connectivity index (χ3v) is 2.81. The molecule has 0 aliphatic rings. The molecule has 2 heteroatoms. The third-order valence-electron chi connectivity index (χ3n) is 2.81. The van der Waals surface area contributed by atoms with Gasteiger partial charge in [-0.3, -0.25) is 0 Å². The summed E-state index contributed by atoms with van der Waals surface area (Å²) >= 11 is 0. The lowest BCUT2D eigenvalue weighted by molar-refractivity contribution is 0.669. The van der Waals surface area contributed by atoms with Gasteiger partial charge in [-0.05, 0) is 30.7 Å². The summed E-state index contributed by atoms with van der Waals surface area (Å²) in [5, 5.41) is 9.85. The maximum Gasteiger partial charge on any atom is 0.136 e. The minimum Gasteiger partial charge on any atom is -0.456 e. The van der Waals surface area contributed by atoms with Gasteiger partial charge in [0.2, 0.25) is 0 Å². The van der Waals surface area contributed by atoms with Crippen molar-refractivity contribution in [3.63, 3.8) is 0 Å². The summed E-state index contributed by atoms with van der Waals surface area (Å²) in [4.78, 5) is 0. The zero-order valence-corrected chi connectivity index (χ0v) is 8.95. The molecule has 78 valence electrons. The molecule has 0 aliphatic heterocycles. The Kier molecular flexibility index (Phi) is 1.83. The molecule has 0 aliphatic carbocycles. The van der Waals surface area contributed by atoms with Gasteiger partial charge in [0.1, 0.15) is 11.2 Å². The fraction of sp³-hybridized carbons (Fsp3) is 0.0714. The molecule has 0 radical (unpaired) electrons. The molecule has 1 aromatic heterocycles.